The number of allylic oxidation sites excluding steroid dienone is 24. The molecule has 0 radical (unpaired) electrons. The Labute approximate surface area is 429 Å². The average molecular weight is 965 g/mol. The van der Waals surface area contributed by atoms with Gasteiger partial charge in [-0.2, -0.15) is 0 Å². The summed E-state index contributed by atoms with van der Waals surface area (Å²) in [5.74, 6) is -0.988. The highest BCUT2D eigenvalue weighted by Crippen LogP contribution is 2.14. The van der Waals surface area contributed by atoms with Crippen LogP contribution in [0.25, 0.3) is 0 Å². The molecule has 0 saturated heterocycles. The summed E-state index contributed by atoms with van der Waals surface area (Å²) in [6.07, 6.45) is 81.1. The standard InChI is InChI=1S/C64H100O6/c1-4-7-10-13-16-19-22-25-28-30-32-34-36-39-42-45-48-51-54-57-63(66)69-60-61(59-68-62(65)56-53-50-47-44-41-38-27-24-21-18-15-12-9-6-3)70-64(67)58-55-52-49-46-43-40-37-35-33-31-29-26-23-20-17-14-11-8-5-2/h7,9-10,12-13,16-23,25-28,30,32,34,36,38-39,42,61H,4-6,8,11,14-15,24,29,31,33,35,37,40-41,43-60H2,1-3H3/b10-7-,12-9-,16-13-,20-17-,21-18-,22-19-,26-23-,28-25-,32-30+,36-34-,38-27-,42-39-. The van der Waals surface area contributed by atoms with Gasteiger partial charge in [0.2, 0.25) is 0 Å². The predicted octanol–water partition coefficient (Wildman–Crippen LogP) is 18.8. The van der Waals surface area contributed by atoms with Crippen LogP contribution in [0.15, 0.2) is 146 Å². The highest BCUT2D eigenvalue weighted by molar-refractivity contribution is 5.71. The van der Waals surface area contributed by atoms with E-state index in [4.69, 9.17) is 14.2 Å². The summed E-state index contributed by atoms with van der Waals surface area (Å²) in [6, 6.07) is 0. The molecule has 0 saturated carbocycles. The molecule has 70 heavy (non-hydrogen) atoms. The van der Waals surface area contributed by atoms with E-state index in [0.717, 1.165) is 103 Å². The minimum absolute atomic E-state index is 0.112. The van der Waals surface area contributed by atoms with Gasteiger partial charge in [-0.25, -0.2) is 0 Å². The van der Waals surface area contributed by atoms with Crippen molar-refractivity contribution in [2.45, 2.75) is 226 Å². The van der Waals surface area contributed by atoms with E-state index in [-0.39, 0.29) is 31.1 Å². The number of hydrogen-bond donors (Lipinski definition) is 0. The first-order valence-electron chi connectivity index (χ1n) is 28.0. The first kappa shape index (κ1) is 65.3. The molecule has 0 aromatic rings. The molecule has 0 aromatic heterocycles. The van der Waals surface area contributed by atoms with Crippen LogP contribution in [0.5, 0.6) is 0 Å². The summed E-state index contributed by atoms with van der Waals surface area (Å²) < 4.78 is 16.8. The number of carbonyl (C=O) groups is 3. The van der Waals surface area contributed by atoms with Gasteiger partial charge in [0.05, 0.1) is 0 Å². The van der Waals surface area contributed by atoms with E-state index in [9.17, 15) is 14.4 Å². The topological polar surface area (TPSA) is 78.9 Å². The van der Waals surface area contributed by atoms with Gasteiger partial charge < -0.3 is 14.2 Å². The molecule has 1 atom stereocenters. The SMILES string of the molecule is CC\C=C/C=C\C=C/C=C\C=C\C=C/C=C\CCCCCC(=O)OCC(COC(=O)CCCCCC/C=C\C/C=C\C/C=C\CC)OC(=O)CCCCCCCCCCCC/C=C\C=C/CCCCC. The summed E-state index contributed by atoms with van der Waals surface area (Å²) in [7, 11) is 0. The summed E-state index contributed by atoms with van der Waals surface area (Å²) in [6.45, 7) is 6.28. The minimum atomic E-state index is -0.815. The lowest BCUT2D eigenvalue weighted by atomic mass is 10.1. The number of ether oxygens (including phenoxy) is 3. The molecule has 392 valence electrons. The minimum Gasteiger partial charge on any atom is -0.462 e. The lowest BCUT2D eigenvalue weighted by molar-refractivity contribution is -0.167. The molecule has 0 aliphatic carbocycles. The molecule has 0 aliphatic heterocycles. The molecule has 0 aliphatic rings. The van der Waals surface area contributed by atoms with Crippen LogP contribution in [0.1, 0.15) is 220 Å². The normalized spacial score (nSPS) is 13.2. The van der Waals surface area contributed by atoms with Crippen LogP contribution in [-0.4, -0.2) is 37.2 Å². The van der Waals surface area contributed by atoms with Crippen molar-refractivity contribution in [1.29, 1.82) is 0 Å². The van der Waals surface area contributed by atoms with Crippen LogP contribution in [0.4, 0.5) is 0 Å². The van der Waals surface area contributed by atoms with E-state index >= 15 is 0 Å². The van der Waals surface area contributed by atoms with Crippen LogP contribution < -0.4 is 0 Å². The molecule has 0 fully saturated rings. The van der Waals surface area contributed by atoms with Gasteiger partial charge in [0.15, 0.2) is 6.10 Å². The number of unbranched alkanes of at least 4 members (excludes halogenated alkanes) is 20. The van der Waals surface area contributed by atoms with Gasteiger partial charge in [0, 0.05) is 19.3 Å². The summed E-state index contributed by atoms with van der Waals surface area (Å²) in [4.78, 5) is 38.1. The zero-order valence-corrected chi connectivity index (χ0v) is 44.7. The summed E-state index contributed by atoms with van der Waals surface area (Å²) in [5.41, 5.74) is 0. The van der Waals surface area contributed by atoms with Gasteiger partial charge in [0.1, 0.15) is 13.2 Å². The second-order valence-electron chi connectivity index (χ2n) is 17.9. The monoisotopic (exact) mass is 965 g/mol. The molecule has 0 amide bonds. The number of hydrogen-bond acceptors (Lipinski definition) is 6. The van der Waals surface area contributed by atoms with E-state index < -0.39 is 6.10 Å². The summed E-state index contributed by atoms with van der Waals surface area (Å²) in [5, 5.41) is 0. The van der Waals surface area contributed by atoms with Crippen LogP contribution in [-0.2, 0) is 28.6 Å². The third-order valence-electron chi connectivity index (χ3n) is 11.3. The Morgan fingerprint density at radius 3 is 1.07 bits per heavy atom. The van der Waals surface area contributed by atoms with Crippen molar-refractivity contribution in [2.24, 2.45) is 0 Å². The fourth-order valence-electron chi connectivity index (χ4n) is 7.14. The van der Waals surface area contributed by atoms with Crippen LogP contribution in [0.2, 0.25) is 0 Å². The fraction of sp³-hybridized carbons (Fsp3) is 0.578. The predicted molar refractivity (Wildman–Crippen MR) is 302 cm³/mol. The highest BCUT2D eigenvalue weighted by Gasteiger charge is 2.19. The Bertz CT molecular complexity index is 1580. The Morgan fingerprint density at radius 2 is 0.629 bits per heavy atom. The second-order valence-corrected chi connectivity index (χ2v) is 17.9. The maximum Gasteiger partial charge on any atom is 0.306 e. The molecule has 0 rings (SSSR count). The lowest BCUT2D eigenvalue weighted by Gasteiger charge is -2.18. The Balaban J connectivity index is 4.54. The largest absolute Gasteiger partial charge is 0.462 e. The maximum absolute atomic E-state index is 12.9. The highest BCUT2D eigenvalue weighted by atomic mass is 16.6. The van der Waals surface area contributed by atoms with Crippen molar-refractivity contribution >= 4 is 17.9 Å². The van der Waals surface area contributed by atoms with Crippen molar-refractivity contribution in [3.8, 4) is 0 Å². The van der Waals surface area contributed by atoms with Gasteiger partial charge in [0.25, 0.3) is 0 Å². The van der Waals surface area contributed by atoms with Crippen LogP contribution >= 0.6 is 0 Å². The van der Waals surface area contributed by atoms with E-state index in [1.807, 2.05) is 72.9 Å². The zero-order valence-electron chi connectivity index (χ0n) is 44.7. The van der Waals surface area contributed by atoms with Crippen molar-refractivity contribution in [3.63, 3.8) is 0 Å². The Hall–Kier alpha value is -4.71. The molecular formula is C64H100O6. The van der Waals surface area contributed by atoms with Gasteiger partial charge in [-0.05, 0) is 96.3 Å². The Morgan fingerprint density at radius 1 is 0.314 bits per heavy atom. The number of rotatable bonds is 48. The van der Waals surface area contributed by atoms with Gasteiger partial charge in [-0.1, -0.05) is 250 Å². The Kier molecular flexibility index (Phi) is 53.0. The first-order valence-corrected chi connectivity index (χ1v) is 28.0. The molecule has 0 spiro atoms. The van der Waals surface area contributed by atoms with Crippen molar-refractivity contribution in [3.05, 3.63) is 146 Å². The van der Waals surface area contributed by atoms with Gasteiger partial charge in [-0.15, -0.1) is 0 Å². The quantitative estimate of drug-likeness (QED) is 0.0199. The molecule has 0 N–H and O–H groups in total. The van der Waals surface area contributed by atoms with Crippen molar-refractivity contribution in [1.82, 2.24) is 0 Å². The average Bonchev–Trinajstić information content (AvgIpc) is 3.36. The maximum atomic E-state index is 12.9. The van der Waals surface area contributed by atoms with Gasteiger partial charge in [-0.3, -0.25) is 14.4 Å². The molecule has 0 aromatic carbocycles. The molecule has 0 bridgehead atoms. The molecule has 0 heterocycles. The lowest BCUT2D eigenvalue weighted by Crippen LogP contribution is -2.30. The van der Waals surface area contributed by atoms with Crippen molar-refractivity contribution in [2.75, 3.05) is 13.2 Å². The molecule has 6 heteroatoms. The zero-order chi connectivity index (χ0) is 50.7. The van der Waals surface area contributed by atoms with E-state index in [1.165, 1.54) is 77.0 Å². The smallest absolute Gasteiger partial charge is 0.306 e. The molecule has 1 unspecified atom stereocenters. The molecule has 6 nitrogen and oxygen atoms in total. The van der Waals surface area contributed by atoms with E-state index in [1.54, 1.807) is 0 Å². The first-order chi connectivity index (χ1) is 34.5. The number of carbonyl (C=O) groups excluding carboxylic acids is 3. The van der Waals surface area contributed by atoms with E-state index in [0.29, 0.717) is 19.3 Å². The van der Waals surface area contributed by atoms with Crippen molar-refractivity contribution < 1.29 is 28.6 Å². The van der Waals surface area contributed by atoms with Crippen LogP contribution in [0, 0.1) is 0 Å². The summed E-state index contributed by atoms with van der Waals surface area (Å²) >= 11 is 0. The number of esters is 3. The molecular weight excluding hydrogens is 865 g/mol. The fourth-order valence-corrected chi connectivity index (χ4v) is 7.14. The third-order valence-corrected chi connectivity index (χ3v) is 11.3. The third kappa shape index (κ3) is 54.2. The van der Waals surface area contributed by atoms with Gasteiger partial charge >= 0.3 is 17.9 Å². The van der Waals surface area contributed by atoms with Crippen LogP contribution in [0.3, 0.4) is 0 Å². The second kappa shape index (κ2) is 56.9. The van der Waals surface area contributed by atoms with E-state index in [2.05, 4.69) is 93.7 Å².